The molecule has 0 spiro atoms. The van der Waals surface area contributed by atoms with E-state index >= 15 is 0 Å². The Bertz CT molecular complexity index is 840. The highest BCUT2D eigenvalue weighted by Gasteiger charge is 2.29. The number of nitrogens with zero attached hydrogens (tertiary/aromatic N) is 3. The maximum absolute atomic E-state index is 14.4. The predicted octanol–water partition coefficient (Wildman–Crippen LogP) is 2.75. The molecule has 1 aromatic carbocycles. The summed E-state index contributed by atoms with van der Waals surface area (Å²) in [4.78, 5) is 24.9. The number of hydrogen-bond acceptors (Lipinski definition) is 3. The fourth-order valence-electron chi connectivity index (χ4n) is 3.44. The van der Waals surface area contributed by atoms with Gasteiger partial charge in [-0.25, -0.2) is 9.07 Å². The highest BCUT2D eigenvalue weighted by molar-refractivity contribution is 5.94. The lowest BCUT2D eigenvalue weighted by atomic mass is 10.1. The summed E-state index contributed by atoms with van der Waals surface area (Å²) in [5, 5.41) is 13.2. The SMILES string of the molecule is Cc1cccc(F)c1-n1nc(C(=O)N(C)CCCC(=O)O)c2c1CCC2. The number of carboxylic acids is 1. The summed E-state index contributed by atoms with van der Waals surface area (Å²) in [5.74, 6) is -1.50. The molecular formula is C19H22FN3O3. The van der Waals surface area contributed by atoms with Crippen molar-refractivity contribution < 1.29 is 19.1 Å². The minimum atomic E-state index is -0.883. The van der Waals surface area contributed by atoms with Crippen LogP contribution < -0.4 is 0 Å². The molecule has 0 unspecified atom stereocenters. The molecule has 6 nitrogen and oxygen atoms in total. The summed E-state index contributed by atoms with van der Waals surface area (Å²) in [6.07, 6.45) is 2.80. The van der Waals surface area contributed by atoms with Crippen molar-refractivity contribution in [2.24, 2.45) is 0 Å². The summed E-state index contributed by atoms with van der Waals surface area (Å²) >= 11 is 0. The number of para-hydroxylation sites is 1. The lowest BCUT2D eigenvalue weighted by Crippen LogP contribution is -2.29. The quantitative estimate of drug-likeness (QED) is 0.860. The second kappa shape index (κ2) is 7.27. The summed E-state index contributed by atoms with van der Waals surface area (Å²) in [7, 11) is 1.64. The Hall–Kier alpha value is -2.70. The number of aromatic nitrogens is 2. The van der Waals surface area contributed by atoms with Crippen LogP contribution in [0.25, 0.3) is 5.69 Å². The average molecular weight is 359 g/mol. The van der Waals surface area contributed by atoms with Crippen LogP contribution in [0.3, 0.4) is 0 Å². The molecule has 0 bridgehead atoms. The first-order chi connectivity index (χ1) is 12.4. The van der Waals surface area contributed by atoms with Gasteiger partial charge >= 0.3 is 5.97 Å². The van der Waals surface area contributed by atoms with Crippen molar-refractivity contribution in [3.63, 3.8) is 0 Å². The molecule has 7 heteroatoms. The van der Waals surface area contributed by atoms with Gasteiger partial charge in [-0.1, -0.05) is 12.1 Å². The molecule has 0 saturated heterocycles. The molecule has 1 heterocycles. The molecule has 1 aliphatic rings. The summed E-state index contributed by atoms with van der Waals surface area (Å²) < 4.78 is 16.0. The number of fused-ring (bicyclic) bond motifs is 1. The second-order valence-electron chi connectivity index (χ2n) is 6.67. The molecule has 1 amide bonds. The van der Waals surface area contributed by atoms with Gasteiger partial charge in [-0.2, -0.15) is 5.10 Å². The fraction of sp³-hybridized carbons (Fsp3) is 0.421. The zero-order chi connectivity index (χ0) is 18.8. The van der Waals surface area contributed by atoms with Crippen LogP contribution in [0.2, 0.25) is 0 Å². The van der Waals surface area contributed by atoms with E-state index < -0.39 is 5.97 Å². The van der Waals surface area contributed by atoms with Gasteiger partial charge in [-0.3, -0.25) is 9.59 Å². The van der Waals surface area contributed by atoms with Gasteiger partial charge in [0, 0.05) is 31.3 Å². The summed E-state index contributed by atoms with van der Waals surface area (Å²) in [6.45, 7) is 2.16. The molecule has 0 saturated carbocycles. The molecule has 2 aromatic rings. The van der Waals surface area contributed by atoms with Gasteiger partial charge in [0.15, 0.2) is 5.69 Å². The number of amides is 1. The molecule has 0 aliphatic heterocycles. The van der Waals surface area contributed by atoms with Crippen molar-refractivity contribution in [1.82, 2.24) is 14.7 Å². The van der Waals surface area contributed by atoms with Gasteiger partial charge in [0.1, 0.15) is 11.5 Å². The van der Waals surface area contributed by atoms with Gasteiger partial charge in [0.2, 0.25) is 0 Å². The van der Waals surface area contributed by atoms with Crippen LogP contribution in [0.1, 0.15) is 46.6 Å². The summed E-state index contributed by atoms with van der Waals surface area (Å²) in [6, 6.07) is 4.87. The van der Waals surface area contributed by atoms with E-state index in [1.807, 2.05) is 13.0 Å². The van der Waals surface area contributed by atoms with Crippen molar-refractivity contribution in [2.45, 2.75) is 39.0 Å². The lowest BCUT2D eigenvalue weighted by Gasteiger charge is -2.16. The molecule has 0 fully saturated rings. The normalized spacial score (nSPS) is 12.9. The van der Waals surface area contributed by atoms with Crippen LogP contribution in [0.4, 0.5) is 4.39 Å². The van der Waals surface area contributed by atoms with E-state index in [1.54, 1.807) is 17.8 Å². The molecule has 1 aromatic heterocycles. The van der Waals surface area contributed by atoms with E-state index in [0.29, 0.717) is 24.3 Å². The number of aryl methyl sites for hydroxylation is 1. The first-order valence-electron chi connectivity index (χ1n) is 8.73. The monoisotopic (exact) mass is 359 g/mol. The highest BCUT2D eigenvalue weighted by atomic mass is 19.1. The lowest BCUT2D eigenvalue weighted by molar-refractivity contribution is -0.137. The molecule has 0 radical (unpaired) electrons. The molecule has 26 heavy (non-hydrogen) atoms. The van der Waals surface area contributed by atoms with Gasteiger partial charge < -0.3 is 10.0 Å². The molecular weight excluding hydrogens is 337 g/mol. The van der Waals surface area contributed by atoms with E-state index in [2.05, 4.69) is 5.10 Å². The minimum absolute atomic E-state index is 0.0125. The Morgan fingerprint density at radius 1 is 1.35 bits per heavy atom. The topological polar surface area (TPSA) is 75.4 Å². The number of aliphatic carboxylic acids is 1. The third kappa shape index (κ3) is 3.34. The number of hydrogen-bond donors (Lipinski definition) is 1. The Kier molecular flexibility index (Phi) is 5.06. The van der Waals surface area contributed by atoms with Crippen molar-refractivity contribution in [3.8, 4) is 5.69 Å². The van der Waals surface area contributed by atoms with Crippen LogP contribution >= 0.6 is 0 Å². The van der Waals surface area contributed by atoms with Crippen LogP contribution in [-0.4, -0.2) is 45.3 Å². The number of carboxylic acid groups (broad SMARTS) is 1. The number of carbonyl (C=O) groups is 2. The van der Waals surface area contributed by atoms with Crippen molar-refractivity contribution in [2.75, 3.05) is 13.6 Å². The maximum atomic E-state index is 14.4. The van der Waals surface area contributed by atoms with Gasteiger partial charge in [-0.05, 0) is 44.2 Å². The molecule has 1 N–H and O–H groups in total. The Labute approximate surface area is 151 Å². The first kappa shape index (κ1) is 18.1. The highest BCUT2D eigenvalue weighted by Crippen LogP contribution is 2.30. The van der Waals surface area contributed by atoms with E-state index in [9.17, 15) is 14.0 Å². The Balaban J connectivity index is 1.93. The van der Waals surface area contributed by atoms with Crippen molar-refractivity contribution in [1.29, 1.82) is 0 Å². The predicted molar refractivity (Wildman–Crippen MR) is 94.1 cm³/mol. The molecule has 138 valence electrons. The van der Waals surface area contributed by atoms with Crippen LogP contribution in [0.5, 0.6) is 0 Å². The van der Waals surface area contributed by atoms with Gasteiger partial charge in [-0.15, -0.1) is 0 Å². The largest absolute Gasteiger partial charge is 0.481 e. The van der Waals surface area contributed by atoms with Gasteiger partial charge in [0.05, 0.1) is 0 Å². The van der Waals surface area contributed by atoms with Crippen LogP contribution in [-0.2, 0) is 17.6 Å². The van der Waals surface area contributed by atoms with E-state index in [4.69, 9.17) is 5.11 Å². The number of carbonyl (C=O) groups excluding carboxylic acids is 1. The molecule has 0 atom stereocenters. The van der Waals surface area contributed by atoms with Crippen molar-refractivity contribution >= 4 is 11.9 Å². The van der Waals surface area contributed by atoms with Gasteiger partial charge in [0.25, 0.3) is 5.91 Å². The average Bonchev–Trinajstić information content (AvgIpc) is 3.17. The Morgan fingerprint density at radius 3 is 2.81 bits per heavy atom. The van der Waals surface area contributed by atoms with E-state index in [1.165, 1.54) is 11.0 Å². The number of halogens is 1. The smallest absolute Gasteiger partial charge is 0.303 e. The third-order valence-electron chi connectivity index (χ3n) is 4.76. The first-order valence-corrected chi connectivity index (χ1v) is 8.73. The Morgan fingerprint density at radius 2 is 2.12 bits per heavy atom. The minimum Gasteiger partial charge on any atom is -0.481 e. The molecule has 3 rings (SSSR count). The summed E-state index contributed by atoms with van der Waals surface area (Å²) in [5.41, 5.74) is 3.26. The molecule has 1 aliphatic carbocycles. The zero-order valence-electron chi connectivity index (χ0n) is 15.0. The number of rotatable bonds is 6. The zero-order valence-corrected chi connectivity index (χ0v) is 15.0. The third-order valence-corrected chi connectivity index (χ3v) is 4.76. The van der Waals surface area contributed by atoms with E-state index in [0.717, 1.165) is 36.1 Å². The maximum Gasteiger partial charge on any atom is 0.303 e. The fourth-order valence-corrected chi connectivity index (χ4v) is 3.44. The number of benzene rings is 1. The van der Waals surface area contributed by atoms with E-state index in [-0.39, 0.29) is 18.1 Å². The van der Waals surface area contributed by atoms with Crippen LogP contribution in [0, 0.1) is 12.7 Å². The van der Waals surface area contributed by atoms with Crippen molar-refractivity contribution in [3.05, 3.63) is 46.5 Å². The second-order valence-corrected chi connectivity index (χ2v) is 6.67. The standard InChI is InChI=1S/C19H22FN3O3/c1-12-6-3-8-14(20)18(12)23-15-9-4-7-13(15)17(21-23)19(26)22(2)11-5-10-16(24)25/h3,6,8H,4-5,7,9-11H2,1-2H3,(H,24,25). The van der Waals surface area contributed by atoms with Crippen LogP contribution in [0.15, 0.2) is 18.2 Å².